The van der Waals surface area contributed by atoms with Crippen LogP contribution in [0.3, 0.4) is 0 Å². The first-order valence-corrected chi connectivity index (χ1v) is 8.56. The maximum atomic E-state index is 12.3. The molecule has 1 aromatic rings. The molecular weight excluding hydrogens is 320 g/mol. The molecule has 2 heterocycles. The Morgan fingerprint density at radius 3 is 2.56 bits per heavy atom. The van der Waals surface area contributed by atoms with Crippen molar-refractivity contribution in [3.63, 3.8) is 0 Å². The van der Waals surface area contributed by atoms with Gasteiger partial charge in [-0.2, -0.15) is 0 Å². The molecule has 3 rings (SSSR count). The van der Waals surface area contributed by atoms with E-state index in [-0.39, 0.29) is 11.8 Å². The first-order chi connectivity index (χ1) is 12.1. The molecule has 25 heavy (non-hydrogen) atoms. The molecule has 0 spiro atoms. The molecule has 7 nitrogen and oxygen atoms in total. The minimum absolute atomic E-state index is 0.228. The molecular formula is C18H24N4O3. The van der Waals surface area contributed by atoms with Crippen LogP contribution in [-0.2, 0) is 4.74 Å². The summed E-state index contributed by atoms with van der Waals surface area (Å²) in [6, 6.07) is 6.93. The van der Waals surface area contributed by atoms with Crippen LogP contribution in [0.25, 0.3) is 0 Å². The number of nitrogens with zero attached hydrogens (tertiary/aromatic N) is 3. The topological polar surface area (TPSA) is 74.2 Å². The molecule has 0 saturated carbocycles. The van der Waals surface area contributed by atoms with Crippen LogP contribution in [-0.4, -0.2) is 74.5 Å². The maximum Gasteiger partial charge on any atom is 0.261 e. The van der Waals surface area contributed by atoms with Crippen molar-refractivity contribution in [3.05, 3.63) is 35.4 Å². The Hall–Kier alpha value is -2.41. The van der Waals surface area contributed by atoms with Gasteiger partial charge in [-0.15, -0.1) is 0 Å². The number of amides is 2. The second-order valence-electron chi connectivity index (χ2n) is 6.39. The van der Waals surface area contributed by atoms with E-state index in [9.17, 15) is 9.59 Å². The number of imide groups is 1. The summed E-state index contributed by atoms with van der Waals surface area (Å²) in [6.07, 6.45) is 1.07. The Labute approximate surface area is 147 Å². The summed E-state index contributed by atoms with van der Waals surface area (Å²) < 4.78 is 5.41. The monoisotopic (exact) mass is 344 g/mol. The maximum absolute atomic E-state index is 12.3. The molecule has 1 saturated heterocycles. The quantitative estimate of drug-likeness (QED) is 0.486. The fraction of sp³-hybridized carbons (Fsp3) is 0.500. The number of benzene rings is 1. The first-order valence-electron chi connectivity index (χ1n) is 8.56. The average molecular weight is 344 g/mol. The second-order valence-corrected chi connectivity index (χ2v) is 6.39. The summed E-state index contributed by atoms with van der Waals surface area (Å²) in [5.41, 5.74) is 0.963. The molecule has 2 aliphatic heterocycles. The van der Waals surface area contributed by atoms with E-state index in [4.69, 9.17) is 4.74 Å². The van der Waals surface area contributed by atoms with Gasteiger partial charge in [0.1, 0.15) is 0 Å². The fourth-order valence-electron chi connectivity index (χ4n) is 3.31. The van der Waals surface area contributed by atoms with Crippen molar-refractivity contribution < 1.29 is 14.3 Å². The summed E-state index contributed by atoms with van der Waals surface area (Å²) in [6.45, 7) is 3.25. The third-order valence-electron chi connectivity index (χ3n) is 4.63. The zero-order valence-corrected chi connectivity index (χ0v) is 14.7. The molecule has 7 heteroatoms. The second kappa shape index (κ2) is 7.65. The normalized spacial score (nSPS) is 20.2. The first kappa shape index (κ1) is 17.4. The number of rotatable bonds is 5. The molecule has 2 amide bonds. The lowest BCUT2D eigenvalue weighted by Gasteiger charge is -2.25. The Bertz CT molecular complexity index is 648. The van der Waals surface area contributed by atoms with E-state index in [0.717, 1.165) is 32.1 Å². The SMILES string of the molecule is CN=C(NCCN1C(=O)c2ccccc2C1=O)N(C)CC1CCOC1. The van der Waals surface area contributed by atoms with Crippen LogP contribution in [0.2, 0.25) is 0 Å². The van der Waals surface area contributed by atoms with E-state index >= 15 is 0 Å². The molecule has 134 valence electrons. The van der Waals surface area contributed by atoms with Crippen molar-refractivity contribution in [2.75, 3.05) is 46.9 Å². The summed E-state index contributed by atoms with van der Waals surface area (Å²) in [5, 5.41) is 3.23. The lowest BCUT2D eigenvalue weighted by atomic mass is 10.1. The van der Waals surface area contributed by atoms with E-state index in [1.54, 1.807) is 31.3 Å². The standard InChI is InChI=1S/C18H24N4O3/c1-19-18(21(2)11-13-7-10-25-12-13)20-8-9-22-16(23)14-5-3-4-6-15(14)17(22)24/h3-6,13H,7-12H2,1-2H3,(H,19,20). The lowest BCUT2D eigenvalue weighted by molar-refractivity contribution is 0.0657. The number of carbonyl (C=O) groups is 2. The molecule has 2 aliphatic rings. The van der Waals surface area contributed by atoms with Gasteiger partial charge in [-0.25, -0.2) is 0 Å². The number of fused-ring (bicyclic) bond motifs is 1. The van der Waals surface area contributed by atoms with Crippen LogP contribution >= 0.6 is 0 Å². The molecule has 1 atom stereocenters. The lowest BCUT2D eigenvalue weighted by Crippen LogP contribution is -2.45. The van der Waals surface area contributed by atoms with Gasteiger partial charge in [0.2, 0.25) is 0 Å². The smallest absolute Gasteiger partial charge is 0.261 e. The van der Waals surface area contributed by atoms with Gasteiger partial charge >= 0.3 is 0 Å². The summed E-state index contributed by atoms with van der Waals surface area (Å²) in [7, 11) is 3.71. The van der Waals surface area contributed by atoms with E-state index in [1.807, 2.05) is 7.05 Å². The van der Waals surface area contributed by atoms with Crippen LogP contribution < -0.4 is 5.32 Å². The van der Waals surface area contributed by atoms with Crippen LogP contribution in [0.15, 0.2) is 29.3 Å². The molecule has 0 radical (unpaired) electrons. The highest BCUT2D eigenvalue weighted by Gasteiger charge is 2.34. The van der Waals surface area contributed by atoms with Crippen LogP contribution in [0.1, 0.15) is 27.1 Å². The molecule has 1 N–H and O–H groups in total. The number of nitrogens with one attached hydrogen (secondary N) is 1. The Morgan fingerprint density at radius 1 is 1.32 bits per heavy atom. The van der Waals surface area contributed by atoms with Crippen molar-refractivity contribution in [2.24, 2.45) is 10.9 Å². The van der Waals surface area contributed by atoms with Gasteiger partial charge in [-0.3, -0.25) is 19.5 Å². The van der Waals surface area contributed by atoms with Crippen LogP contribution in [0.4, 0.5) is 0 Å². The van der Waals surface area contributed by atoms with Crippen molar-refractivity contribution in [3.8, 4) is 0 Å². The summed E-state index contributed by atoms with van der Waals surface area (Å²) in [4.78, 5) is 32.3. The van der Waals surface area contributed by atoms with Crippen LogP contribution in [0.5, 0.6) is 0 Å². The van der Waals surface area contributed by atoms with Gasteiger partial charge in [-0.05, 0) is 18.6 Å². The number of hydrogen-bond donors (Lipinski definition) is 1. The minimum Gasteiger partial charge on any atom is -0.381 e. The highest BCUT2D eigenvalue weighted by atomic mass is 16.5. The van der Waals surface area contributed by atoms with Gasteiger partial charge < -0.3 is 15.0 Å². The molecule has 0 aliphatic carbocycles. The zero-order valence-electron chi connectivity index (χ0n) is 14.7. The third kappa shape index (κ3) is 3.66. The van der Waals surface area contributed by atoms with E-state index < -0.39 is 0 Å². The van der Waals surface area contributed by atoms with Gasteiger partial charge in [0.25, 0.3) is 11.8 Å². The average Bonchev–Trinajstić information content (AvgIpc) is 3.21. The number of carbonyl (C=O) groups excluding carboxylic acids is 2. The van der Waals surface area contributed by atoms with Gasteiger partial charge in [0.15, 0.2) is 5.96 Å². The predicted molar refractivity (Wildman–Crippen MR) is 94.7 cm³/mol. The summed E-state index contributed by atoms with van der Waals surface area (Å²) in [5.74, 6) is 0.811. The molecule has 1 aromatic carbocycles. The zero-order chi connectivity index (χ0) is 17.8. The highest BCUT2D eigenvalue weighted by molar-refractivity contribution is 6.21. The number of ether oxygens (including phenoxy) is 1. The van der Waals surface area contributed by atoms with Crippen molar-refractivity contribution in [1.82, 2.24) is 15.1 Å². The van der Waals surface area contributed by atoms with Crippen LogP contribution in [0, 0.1) is 5.92 Å². The number of aliphatic imine (C=N–C) groups is 1. The highest BCUT2D eigenvalue weighted by Crippen LogP contribution is 2.21. The number of hydrogen-bond acceptors (Lipinski definition) is 4. The Balaban J connectivity index is 1.52. The fourth-order valence-corrected chi connectivity index (χ4v) is 3.31. The molecule has 1 unspecified atom stereocenters. The molecule has 0 bridgehead atoms. The Kier molecular flexibility index (Phi) is 5.33. The predicted octanol–water partition coefficient (Wildman–Crippen LogP) is 0.826. The minimum atomic E-state index is -0.228. The third-order valence-corrected chi connectivity index (χ3v) is 4.63. The summed E-state index contributed by atoms with van der Waals surface area (Å²) >= 11 is 0. The van der Waals surface area contributed by atoms with E-state index in [0.29, 0.717) is 30.1 Å². The molecule has 1 fully saturated rings. The van der Waals surface area contributed by atoms with Crippen molar-refractivity contribution in [1.29, 1.82) is 0 Å². The van der Waals surface area contributed by atoms with Gasteiger partial charge in [-0.1, -0.05) is 12.1 Å². The Morgan fingerprint density at radius 2 is 2.00 bits per heavy atom. The number of guanidine groups is 1. The van der Waals surface area contributed by atoms with Gasteiger partial charge in [0.05, 0.1) is 17.7 Å². The van der Waals surface area contributed by atoms with E-state index in [2.05, 4.69) is 15.2 Å². The van der Waals surface area contributed by atoms with Gasteiger partial charge in [0, 0.05) is 46.3 Å². The van der Waals surface area contributed by atoms with Crippen molar-refractivity contribution in [2.45, 2.75) is 6.42 Å². The molecule has 0 aromatic heterocycles. The van der Waals surface area contributed by atoms with Crippen molar-refractivity contribution >= 4 is 17.8 Å². The van der Waals surface area contributed by atoms with E-state index in [1.165, 1.54) is 4.90 Å². The largest absolute Gasteiger partial charge is 0.381 e.